The minimum absolute atomic E-state index is 0.0519. The highest BCUT2D eigenvalue weighted by molar-refractivity contribution is 6.11. The zero-order valence-electron chi connectivity index (χ0n) is 14.1. The summed E-state index contributed by atoms with van der Waals surface area (Å²) in [5, 5.41) is 3.28. The van der Waals surface area contributed by atoms with Gasteiger partial charge < -0.3 is 15.0 Å². The van der Waals surface area contributed by atoms with Gasteiger partial charge in [-0.2, -0.15) is 8.78 Å². The fourth-order valence-corrected chi connectivity index (χ4v) is 2.57. The average Bonchev–Trinajstić information content (AvgIpc) is 2.63. The molecule has 26 heavy (non-hydrogen) atoms. The maximum Gasteiger partial charge on any atom is 0.387 e. The van der Waals surface area contributed by atoms with E-state index in [1.54, 1.807) is 49.5 Å². The predicted octanol–water partition coefficient (Wildman–Crippen LogP) is 3.55. The maximum atomic E-state index is 12.7. The van der Waals surface area contributed by atoms with E-state index in [4.69, 9.17) is 0 Å². The molecule has 1 aromatic carbocycles. The molecule has 2 aromatic heterocycles. The van der Waals surface area contributed by atoms with Gasteiger partial charge in [0.1, 0.15) is 11.3 Å². The van der Waals surface area contributed by atoms with Gasteiger partial charge in [0.05, 0.1) is 11.3 Å². The summed E-state index contributed by atoms with van der Waals surface area (Å²) >= 11 is 0. The molecule has 0 radical (unpaired) electrons. The molecule has 1 amide bonds. The number of anilines is 2. The first-order valence-corrected chi connectivity index (χ1v) is 7.73. The Labute approximate surface area is 148 Å². The molecule has 0 spiro atoms. The first kappa shape index (κ1) is 17.5. The van der Waals surface area contributed by atoms with Crippen LogP contribution in [0.2, 0.25) is 0 Å². The number of carbonyl (C=O) groups is 1. The lowest BCUT2D eigenvalue weighted by molar-refractivity contribution is -0.0489. The van der Waals surface area contributed by atoms with Crippen molar-refractivity contribution >= 4 is 28.3 Å². The van der Waals surface area contributed by atoms with Gasteiger partial charge in [-0.15, -0.1) is 0 Å². The van der Waals surface area contributed by atoms with Crippen LogP contribution in [0, 0.1) is 0 Å². The molecule has 6 nitrogen and oxygen atoms in total. The van der Waals surface area contributed by atoms with Gasteiger partial charge in [0.25, 0.3) is 5.91 Å². The number of fused-ring (bicyclic) bond motifs is 1. The van der Waals surface area contributed by atoms with Crippen LogP contribution < -0.4 is 15.0 Å². The summed E-state index contributed by atoms with van der Waals surface area (Å²) < 4.78 is 29.6. The van der Waals surface area contributed by atoms with E-state index in [-0.39, 0.29) is 17.2 Å². The van der Waals surface area contributed by atoms with Crippen LogP contribution >= 0.6 is 0 Å². The Morgan fingerprint density at radius 1 is 1.12 bits per heavy atom. The van der Waals surface area contributed by atoms with Gasteiger partial charge >= 0.3 is 6.61 Å². The van der Waals surface area contributed by atoms with Gasteiger partial charge in [0.15, 0.2) is 5.75 Å². The normalized spacial score (nSPS) is 10.8. The topological polar surface area (TPSA) is 67.4 Å². The van der Waals surface area contributed by atoms with E-state index in [1.165, 1.54) is 18.3 Å². The molecular formula is C18H16F2N4O2. The minimum atomic E-state index is -2.96. The maximum absolute atomic E-state index is 12.7. The summed E-state index contributed by atoms with van der Waals surface area (Å²) in [5.74, 6) is 0.100. The Morgan fingerprint density at radius 3 is 2.58 bits per heavy atom. The highest BCUT2D eigenvalue weighted by Gasteiger charge is 2.17. The summed E-state index contributed by atoms with van der Waals surface area (Å²) in [6.07, 6.45) is 3.07. The molecule has 0 fully saturated rings. The number of amides is 1. The number of rotatable bonds is 5. The van der Waals surface area contributed by atoms with Gasteiger partial charge in [-0.1, -0.05) is 0 Å². The van der Waals surface area contributed by atoms with E-state index < -0.39 is 6.61 Å². The molecule has 0 atom stereocenters. The summed E-state index contributed by atoms with van der Waals surface area (Å²) in [4.78, 5) is 22.7. The Balaban J connectivity index is 1.99. The number of nitrogens with zero attached hydrogens (tertiary/aromatic N) is 3. The number of ether oxygens (including phenoxy) is 1. The molecule has 2 heterocycles. The van der Waals surface area contributed by atoms with Crippen LogP contribution in [-0.4, -0.2) is 36.6 Å². The van der Waals surface area contributed by atoms with Crippen LogP contribution in [0.1, 0.15) is 10.4 Å². The Kier molecular flexibility index (Phi) is 4.92. The monoisotopic (exact) mass is 358 g/mol. The van der Waals surface area contributed by atoms with Crippen LogP contribution in [0.3, 0.4) is 0 Å². The van der Waals surface area contributed by atoms with Crippen LogP contribution in [-0.2, 0) is 0 Å². The van der Waals surface area contributed by atoms with E-state index >= 15 is 0 Å². The third-order valence-corrected chi connectivity index (χ3v) is 3.65. The Hall–Kier alpha value is -3.29. The van der Waals surface area contributed by atoms with Gasteiger partial charge in [-0.25, -0.2) is 4.98 Å². The summed E-state index contributed by atoms with van der Waals surface area (Å²) in [7, 11) is 3.57. The number of aromatic nitrogens is 2. The highest BCUT2D eigenvalue weighted by Crippen LogP contribution is 2.31. The number of hydrogen-bond acceptors (Lipinski definition) is 5. The second-order valence-corrected chi connectivity index (χ2v) is 5.61. The van der Waals surface area contributed by atoms with Crippen LogP contribution in [0.15, 0.2) is 48.8 Å². The molecule has 1 N–H and O–H groups in total. The molecule has 134 valence electrons. The lowest BCUT2D eigenvalue weighted by atomic mass is 10.1. The molecule has 0 aliphatic rings. The zero-order chi connectivity index (χ0) is 18.7. The number of hydrogen-bond donors (Lipinski definition) is 1. The first-order chi connectivity index (χ1) is 12.5. The number of carbonyl (C=O) groups excluding carboxylic acids is 1. The molecule has 0 saturated carbocycles. The minimum Gasteiger partial charge on any atom is -0.432 e. The molecule has 3 rings (SSSR count). The van der Waals surface area contributed by atoms with Crippen molar-refractivity contribution in [1.82, 2.24) is 9.97 Å². The third kappa shape index (κ3) is 3.53. The van der Waals surface area contributed by atoms with Crippen molar-refractivity contribution in [3.05, 3.63) is 54.4 Å². The van der Waals surface area contributed by atoms with E-state index in [0.29, 0.717) is 22.5 Å². The largest absolute Gasteiger partial charge is 0.432 e. The number of alkyl halides is 2. The fourth-order valence-electron chi connectivity index (χ4n) is 2.57. The van der Waals surface area contributed by atoms with Crippen molar-refractivity contribution in [1.29, 1.82) is 0 Å². The quantitative estimate of drug-likeness (QED) is 0.755. The van der Waals surface area contributed by atoms with Crippen LogP contribution in [0.5, 0.6) is 5.75 Å². The smallest absolute Gasteiger partial charge is 0.387 e. The molecule has 0 aliphatic heterocycles. The van der Waals surface area contributed by atoms with Crippen LogP contribution in [0.4, 0.5) is 20.3 Å². The van der Waals surface area contributed by atoms with Crippen molar-refractivity contribution in [2.45, 2.75) is 6.61 Å². The number of benzene rings is 1. The van der Waals surface area contributed by atoms with Gasteiger partial charge in [-0.3, -0.25) is 9.78 Å². The van der Waals surface area contributed by atoms with Crippen molar-refractivity contribution < 1.29 is 18.3 Å². The van der Waals surface area contributed by atoms with Crippen molar-refractivity contribution in [3.63, 3.8) is 0 Å². The zero-order valence-corrected chi connectivity index (χ0v) is 14.1. The van der Waals surface area contributed by atoms with Gasteiger partial charge in [-0.05, 0) is 36.4 Å². The van der Waals surface area contributed by atoms with Gasteiger partial charge in [0.2, 0.25) is 0 Å². The SMILES string of the molecule is CN(C)c1ncccc1C(=O)Nc1ccc(OC(F)F)c2ncccc12. The summed E-state index contributed by atoms with van der Waals surface area (Å²) in [6, 6.07) is 9.51. The Morgan fingerprint density at radius 2 is 1.85 bits per heavy atom. The molecule has 0 aliphatic carbocycles. The molecular weight excluding hydrogens is 342 g/mol. The molecule has 0 bridgehead atoms. The van der Waals surface area contributed by atoms with E-state index in [2.05, 4.69) is 20.0 Å². The number of halogens is 2. The van der Waals surface area contributed by atoms with E-state index in [0.717, 1.165) is 0 Å². The van der Waals surface area contributed by atoms with E-state index in [1.807, 2.05) is 0 Å². The molecule has 0 saturated heterocycles. The predicted molar refractivity (Wildman–Crippen MR) is 94.9 cm³/mol. The molecule has 0 unspecified atom stereocenters. The lowest BCUT2D eigenvalue weighted by Crippen LogP contribution is -2.19. The second-order valence-electron chi connectivity index (χ2n) is 5.61. The average molecular weight is 358 g/mol. The van der Waals surface area contributed by atoms with Crippen molar-refractivity contribution in [2.24, 2.45) is 0 Å². The number of nitrogens with one attached hydrogen (secondary N) is 1. The third-order valence-electron chi connectivity index (χ3n) is 3.65. The standard InChI is InChI=1S/C18H16F2N4O2/c1-24(2)16-12(6-4-10-22-16)17(25)23-13-7-8-14(26-18(19)20)15-11(13)5-3-9-21-15/h3-10,18H,1-2H3,(H,23,25). The highest BCUT2D eigenvalue weighted by atomic mass is 19.3. The molecule has 8 heteroatoms. The summed E-state index contributed by atoms with van der Waals surface area (Å²) in [5.41, 5.74) is 1.07. The van der Waals surface area contributed by atoms with E-state index in [9.17, 15) is 13.6 Å². The molecule has 3 aromatic rings. The summed E-state index contributed by atoms with van der Waals surface area (Å²) in [6.45, 7) is -2.96. The lowest BCUT2D eigenvalue weighted by Gasteiger charge is -2.16. The fraction of sp³-hybridized carbons (Fsp3) is 0.167. The second kappa shape index (κ2) is 7.30. The number of pyridine rings is 2. The first-order valence-electron chi connectivity index (χ1n) is 7.73. The Bertz CT molecular complexity index is 947. The van der Waals surface area contributed by atoms with Gasteiger partial charge in [0, 0.05) is 31.9 Å². The van der Waals surface area contributed by atoms with Crippen LogP contribution in [0.25, 0.3) is 10.9 Å². The van der Waals surface area contributed by atoms with Crippen molar-refractivity contribution in [3.8, 4) is 5.75 Å². The van der Waals surface area contributed by atoms with Crippen molar-refractivity contribution in [2.75, 3.05) is 24.3 Å².